The van der Waals surface area contributed by atoms with Gasteiger partial charge in [-0.2, -0.15) is 0 Å². The number of rotatable bonds is 9. The molecule has 0 spiro atoms. The number of aryl methyl sites for hydroxylation is 1. The zero-order valence-electron chi connectivity index (χ0n) is 23.3. The van der Waals surface area contributed by atoms with E-state index >= 15 is 0 Å². The second-order valence-electron chi connectivity index (χ2n) is 11.9. The monoisotopic (exact) mass is 534 g/mol. The van der Waals surface area contributed by atoms with Crippen LogP contribution in [0.2, 0.25) is 0 Å². The summed E-state index contributed by atoms with van der Waals surface area (Å²) in [7, 11) is 0. The number of benzene rings is 1. The largest absolute Gasteiger partial charge is 0.358 e. The van der Waals surface area contributed by atoms with Gasteiger partial charge in [-0.1, -0.05) is 12.1 Å². The highest BCUT2D eigenvalue weighted by Gasteiger charge is 2.59. The van der Waals surface area contributed by atoms with Crippen LogP contribution in [-0.4, -0.2) is 79.8 Å². The Morgan fingerprint density at radius 2 is 1.53 bits per heavy atom. The molecule has 1 aromatic carbocycles. The minimum atomic E-state index is -0.698. The second kappa shape index (κ2) is 10.6. The van der Waals surface area contributed by atoms with Crippen LogP contribution in [0.25, 0.3) is 0 Å². The molecule has 4 aliphatic heterocycles. The van der Waals surface area contributed by atoms with E-state index in [0.717, 1.165) is 18.5 Å². The van der Waals surface area contributed by atoms with Crippen molar-refractivity contribution in [1.82, 2.24) is 5.32 Å². The number of hydrogen-bond acceptors (Lipinski definition) is 9. The lowest BCUT2D eigenvalue weighted by Gasteiger charge is -2.27. The Hall–Kier alpha value is -1.79. The van der Waals surface area contributed by atoms with Gasteiger partial charge >= 0.3 is 0 Å². The van der Waals surface area contributed by atoms with Crippen molar-refractivity contribution in [3.63, 3.8) is 0 Å². The van der Waals surface area contributed by atoms with Crippen LogP contribution >= 0.6 is 0 Å². The highest BCUT2D eigenvalue weighted by atomic mass is 16.8. The van der Waals surface area contributed by atoms with E-state index < -0.39 is 17.4 Å². The molecule has 2 N–H and O–H groups in total. The number of fused-ring (bicyclic) bond motifs is 1. The number of carbonyl (C=O) groups is 1. The van der Waals surface area contributed by atoms with Crippen molar-refractivity contribution in [1.29, 1.82) is 0 Å². The molecule has 4 heterocycles. The molecule has 4 aliphatic rings. The fraction of sp³-hybridized carbons (Fsp3) is 0.750. The summed E-state index contributed by atoms with van der Waals surface area (Å²) in [4.78, 5) is 12.2. The minimum absolute atomic E-state index is 0.0285. The van der Waals surface area contributed by atoms with Gasteiger partial charge in [0.25, 0.3) is 0 Å². The van der Waals surface area contributed by atoms with Crippen molar-refractivity contribution in [2.45, 2.75) is 115 Å². The maximum atomic E-state index is 12.2. The predicted octanol–water partition coefficient (Wildman–Crippen LogP) is 3.09. The maximum Gasteiger partial charge on any atom is 0.220 e. The van der Waals surface area contributed by atoms with Gasteiger partial charge in [-0.25, -0.2) is 0 Å². The Balaban J connectivity index is 1.09. The first-order valence-corrected chi connectivity index (χ1v) is 13.6. The quantitative estimate of drug-likeness (QED) is 0.494. The van der Waals surface area contributed by atoms with Crippen LogP contribution < -0.4 is 10.6 Å². The molecule has 4 fully saturated rings. The van der Waals surface area contributed by atoms with Gasteiger partial charge in [0.15, 0.2) is 23.6 Å². The third-order valence-electron chi connectivity index (χ3n) is 7.21. The second-order valence-corrected chi connectivity index (χ2v) is 11.9. The number of anilines is 1. The molecule has 10 nitrogen and oxygen atoms in total. The van der Waals surface area contributed by atoms with Gasteiger partial charge in [0.1, 0.15) is 30.5 Å². The third-order valence-corrected chi connectivity index (χ3v) is 7.21. The molecule has 4 saturated heterocycles. The van der Waals surface area contributed by atoms with E-state index in [4.69, 9.17) is 33.2 Å². The first-order chi connectivity index (χ1) is 17.9. The molecule has 6 atom stereocenters. The molecular formula is C28H42N2O8. The van der Waals surface area contributed by atoms with Gasteiger partial charge in [-0.15, -0.1) is 0 Å². The van der Waals surface area contributed by atoms with Crippen LogP contribution in [0.3, 0.4) is 0 Å². The van der Waals surface area contributed by atoms with E-state index in [0.29, 0.717) is 26.2 Å². The van der Waals surface area contributed by atoms with Gasteiger partial charge in [0.2, 0.25) is 5.91 Å². The van der Waals surface area contributed by atoms with Gasteiger partial charge in [-0.05, 0) is 72.1 Å². The molecule has 0 saturated carbocycles. The molecule has 0 radical (unpaired) electrons. The number of carbonyl (C=O) groups excluding carboxylic acids is 1. The normalized spacial score (nSPS) is 34.8. The van der Waals surface area contributed by atoms with Crippen LogP contribution in [0.4, 0.5) is 5.69 Å². The molecule has 0 bridgehead atoms. The molecule has 0 aromatic heterocycles. The summed E-state index contributed by atoms with van der Waals surface area (Å²) in [6.45, 7) is 12.8. The molecule has 0 aliphatic carbocycles. The van der Waals surface area contributed by atoms with E-state index in [-0.39, 0.29) is 42.7 Å². The van der Waals surface area contributed by atoms with E-state index in [1.165, 1.54) is 5.56 Å². The number of nitrogens with one attached hydrogen (secondary N) is 2. The Morgan fingerprint density at radius 3 is 2.18 bits per heavy atom. The van der Waals surface area contributed by atoms with Crippen LogP contribution in [-0.2, 0) is 44.4 Å². The smallest absolute Gasteiger partial charge is 0.220 e. The molecule has 38 heavy (non-hydrogen) atoms. The first-order valence-electron chi connectivity index (χ1n) is 13.6. The number of amides is 1. The van der Waals surface area contributed by atoms with Crippen molar-refractivity contribution in [2.75, 3.05) is 25.1 Å². The van der Waals surface area contributed by atoms with Crippen LogP contribution in [0.15, 0.2) is 24.3 Å². The Labute approximate surface area is 224 Å². The average molecular weight is 535 g/mol. The zero-order chi connectivity index (χ0) is 27.1. The molecule has 1 aromatic rings. The van der Waals surface area contributed by atoms with E-state index in [9.17, 15) is 4.79 Å². The molecule has 1 amide bonds. The van der Waals surface area contributed by atoms with Crippen LogP contribution in [0.5, 0.6) is 0 Å². The molecule has 10 heteroatoms. The van der Waals surface area contributed by atoms with Crippen molar-refractivity contribution >= 4 is 11.6 Å². The lowest BCUT2D eigenvalue weighted by molar-refractivity contribution is -0.203. The fourth-order valence-corrected chi connectivity index (χ4v) is 5.49. The van der Waals surface area contributed by atoms with Crippen molar-refractivity contribution in [2.24, 2.45) is 0 Å². The molecule has 5 rings (SSSR count). The average Bonchev–Trinajstić information content (AvgIpc) is 3.55. The van der Waals surface area contributed by atoms with Gasteiger partial charge < -0.3 is 43.8 Å². The van der Waals surface area contributed by atoms with Crippen molar-refractivity contribution in [3.05, 3.63) is 29.8 Å². The summed E-state index contributed by atoms with van der Waals surface area (Å²) in [6, 6.07) is 8.20. The number of ether oxygens (including phenoxy) is 7. The Bertz CT molecular complexity index is 982. The van der Waals surface area contributed by atoms with Crippen molar-refractivity contribution in [3.8, 4) is 0 Å². The van der Waals surface area contributed by atoms with Gasteiger partial charge in [-0.3, -0.25) is 4.79 Å². The SMILES string of the molecule is CC1(C)OCC(CNC(=O)CCCc2ccc(NC3OC(C4COC(C)(C)O4)[C@@H]4OC(C)(C)O[C@H]34)cc2)O1. The topological polar surface area (TPSA) is 106 Å². The number of hydrogen-bond donors (Lipinski definition) is 2. The fourth-order valence-electron chi connectivity index (χ4n) is 5.49. The molecule has 212 valence electrons. The summed E-state index contributed by atoms with van der Waals surface area (Å²) >= 11 is 0. The summed E-state index contributed by atoms with van der Waals surface area (Å²) < 4.78 is 41.9. The van der Waals surface area contributed by atoms with Crippen LogP contribution in [0.1, 0.15) is 59.9 Å². The minimum Gasteiger partial charge on any atom is -0.358 e. The molecule has 4 unspecified atom stereocenters. The van der Waals surface area contributed by atoms with Crippen LogP contribution in [0, 0.1) is 0 Å². The highest BCUT2D eigenvalue weighted by Crippen LogP contribution is 2.42. The van der Waals surface area contributed by atoms with E-state index in [1.54, 1.807) is 0 Å². The third kappa shape index (κ3) is 6.67. The highest BCUT2D eigenvalue weighted by molar-refractivity contribution is 5.75. The lowest BCUT2D eigenvalue weighted by Crippen LogP contribution is -2.40. The summed E-state index contributed by atoms with van der Waals surface area (Å²) in [5, 5.41) is 6.41. The van der Waals surface area contributed by atoms with E-state index in [1.807, 2.05) is 53.7 Å². The molecular weight excluding hydrogens is 492 g/mol. The van der Waals surface area contributed by atoms with Gasteiger partial charge in [0.05, 0.1) is 13.2 Å². The standard InChI is InChI=1S/C28H42N2O8/c1-26(2)32-15-19(35-26)14-29-21(31)9-7-8-17-10-12-18(13-11-17)30-25-24-23(37-28(5,6)38-24)22(34-25)20-16-33-27(3,4)36-20/h10-13,19-20,22-25,30H,7-9,14-16H2,1-6H3,(H,29,31)/t19?,20?,22?,23-,24-,25?/m0/s1. The van der Waals surface area contributed by atoms with E-state index in [2.05, 4.69) is 22.8 Å². The first kappa shape index (κ1) is 27.8. The predicted molar refractivity (Wildman–Crippen MR) is 138 cm³/mol. The summed E-state index contributed by atoms with van der Waals surface area (Å²) in [5.74, 6) is -1.89. The van der Waals surface area contributed by atoms with Crippen molar-refractivity contribution < 1.29 is 38.0 Å². The lowest BCUT2D eigenvalue weighted by atomic mass is 10.1. The summed E-state index contributed by atoms with van der Waals surface area (Å²) in [6.07, 6.45) is 0.518. The Kier molecular flexibility index (Phi) is 7.78. The maximum absolute atomic E-state index is 12.2. The summed E-state index contributed by atoms with van der Waals surface area (Å²) in [5.41, 5.74) is 2.09. The Morgan fingerprint density at radius 1 is 0.842 bits per heavy atom. The van der Waals surface area contributed by atoms with Gasteiger partial charge in [0, 0.05) is 18.7 Å². The zero-order valence-corrected chi connectivity index (χ0v) is 23.3.